The number of amides is 1. The lowest BCUT2D eigenvalue weighted by Crippen LogP contribution is -2.42. The molecule has 5 nitrogen and oxygen atoms in total. The zero-order valence-corrected chi connectivity index (χ0v) is 18.9. The van der Waals surface area contributed by atoms with Gasteiger partial charge in [0.1, 0.15) is 5.82 Å². The second kappa shape index (κ2) is 7.89. The molecule has 0 aliphatic heterocycles. The van der Waals surface area contributed by atoms with Gasteiger partial charge in [-0.3, -0.25) is 4.79 Å². The van der Waals surface area contributed by atoms with Crippen molar-refractivity contribution in [2.75, 3.05) is 5.32 Å². The number of benzene rings is 2. The van der Waals surface area contributed by atoms with Crippen LogP contribution in [0.2, 0.25) is 10.0 Å². The lowest BCUT2D eigenvalue weighted by Gasteiger charge is -2.38. The first kappa shape index (κ1) is 22.3. The number of sulfone groups is 1. The van der Waals surface area contributed by atoms with Crippen molar-refractivity contribution in [1.29, 1.82) is 0 Å². The molecule has 31 heavy (non-hydrogen) atoms. The van der Waals surface area contributed by atoms with Crippen molar-refractivity contribution in [3.8, 4) is 0 Å². The van der Waals surface area contributed by atoms with E-state index in [0.717, 1.165) is 11.6 Å². The first-order valence-electron chi connectivity index (χ1n) is 9.72. The number of fused-ring (bicyclic) bond motifs is 2. The number of anilines is 1. The lowest BCUT2D eigenvalue weighted by atomic mass is 9.77. The van der Waals surface area contributed by atoms with Gasteiger partial charge in [0, 0.05) is 11.3 Å². The van der Waals surface area contributed by atoms with E-state index in [1.165, 1.54) is 30.3 Å². The van der Waals surface area contributed by atoms with Gasteiger partial charge in [-0.1, -0.05) is 29.3 Å². The normalized spacial score (nSPS) is 25.3. The van der Waals surface area contributed by atoms with Crippen molar-refractivity contribution in [3.05, 3.63) is 69.5 Å². The first-order chi connectivity index (χ1) is 14.5. The molecule has 2 N–H and O–H groups in total. The monoisotopic (exact) mass is 483 g/mol. The second-order valence-electron chi connectivity index (χ2n) is 8.14. The molecule has 0 heterocycles. The highest BCUT2D eigenvalue weighted by molar-refractivity contribution is 7.92. The predicted octanol–water partition coefficient (Wildman–Crippen LogP) is 5.02. The molecule has 0 radical (unpaired) electrons. The number of hydrogen-bond donors (Lipinski definition) is 2. The summed E-state index contributed by atoms with van der Waals surface area (Å²) in [7, 11) is -3.84. The van der Waals surface area contributed by atoms with Gasteiger partial charge in [0.15, 0.2) is 9.84 Å². The van der Waals surface area contributed by atoms with Crippen LogP contribution in [0.25, 0.3) is 0 Å². The van der Waals surface area contributed by atoms with E-state index in [9.17, 15) is 22.7 Å². The summed E-state index contributed by atoms with van der Waals surface area (Å²) in [5.74, 6) is -1.36. The van der Waals surface area contributed by atoms with E-state index in [4.69, 9.17) is 23.2 Å². The number of carbonyl (C=O) groups is 1. The molecule has 2 aromatic rings. The Balaban J connectivity index is 1.61. The minimum absolute atomic E-state index is 0.0278. The van der Waals surface area contributed by atoms with Crippen molar-refractivity contribution >= 4 is 44.6 Å². The Morgan fingerprint density at radius 2 is 1.94 bits per heavy atom. The van der Waals surface area contributed by atoms with Crippen molar-refractivity contribution in [1.82, 2.24) is 0 Å². The van der Waals surface area contributed by atoms with Crippen molar-refractivity contribution in [2.45, 2.75) is 41.9 Å². The molecule has 3 atom stereocenters. The molecule has 4 rings (SSSR count). The minimum Gasteiger partial charge on any atom is -0.386 e. The fraction of sp³-hybridized carbons (Fsp3) is 0.318. The third kappa shape index (κ3) is 4.00. The van der Waals surface area contributed by atoms with Crippen LogP contribution in [0.5, 0.6) is 0 Å². The quantitative estimate of drug-likeness (QED) is 0.598. The van der Waals surface area contributed by atoms with Crippen LogP contribution in [0.3, 0.4) is 0 Å². The summed E-state index contributed by atoms with van der Waals surface area (Å²) in [4.78, 5) is 12.5. The van der Waals surface area contributed by atoms with E-state index >= 15 is 0 Å². The zero-order valence-electron chi connectivity index (χ0n) is 16.5. The maximum absolute atomic E-state index is 13.4. The van der Waals surface area contributed by atoms with Gasteiger partial charge in [-0.05, 0) is 74.1 Å². The molecule has 2 aromatic carbocycles. The van der Waals surface area contributed by atoms with Crippen LogP contribution in [0.1, 0.15) is 36.5 Å². The Hall–Kier alpha value is -1.93. The maximum atomic E-state index is 13.4. The Kier molecular flexibility index (Phi) is 5.67. The van der Waals surface area contributed by atoms with Crippen LogP contribution in [0, 0.1) is 11.7 Å². The van der Waals surface area contributed by atoms with Crippen LogP contribution in [0.4, 0.5) is 10.1 Å². The number of nitrogens with one attached hydrogen (secondary N) is 1. The van der Waals surface area contributed by atoms with Crippen LogP contribution < -0.4 is 5.32 Å². The summed E-state index contributed by atoms with van der Waals surface area (Å²) in [5, 5.41) is 12.3. The topological polar surface area (TPSA) is 83.5 Å². The standard InChI is InChI=1S/C22H20Cl2FNO4S/c1-22(28)13-3-4-14(22)10-16(9-13)31(29,30)20-8-12(2-6-17(20)23)21(27)26-15-5-7-19(25)18(24)11-15/h2-3,5-8,11,14,16,28H,4,9-10H2,1H3,(H,26,27)/t14?,16?,22-/m0/s1. The summed E-state index contributed by atoms with van der Waals surface area (Å²) in [6.07, 6.45) is 3.10. The Morgan fingerprint density at radius 3 is 2.61 bits per heavy atom. The van der Waals surface area contributed by atoms with E-state index in [0.29, 0.717) is 12.8 Å². The van der Waals surface area contributed by atoms with Crippen LogP contribution in [0.15, 0.2) is 52.9 Å². The van der Waals surface area contributed by atoms with Crippen molar-refractivity contribution in [3.63, 3.8) is 0 Å². The van der Waals surface area contributed by atoms with E-state index in [1.807, 2.05) is 6.08 Å². The average molecular weight is 484 g/mol. The zero-order chi connectivity index (χ0) is 22.6. The SMILES string of the molecule is C[C@]1(O)C2=CCC1CC(S(=O)(=O)c1cc(C(=O)Nc3ccc(F)c(Cl)c3)ccc1Cl)C2. The van der Waals surface area contributed by atoms with Gasteiger partial charge in [-0.15, -0.1) is 0 Å². The molecular formula is C22H20Cl2FNO4S. The molecule has 2 bridgehead atoms. The molecule has 164 valence electrons. The average Bonchev–Trinajstić information content (AvgIpc) is 2.87. The van der Waals surface area contributed by atoms with Gasteiger partial charge in [0.05, 0.1) is 25.8 Å². The van der Waals surface area contributed by atoms with E-state index in [2.05, 4.69) is 5.32 Å². The summed E-state index contributed by atoms with van der Waals surface area (Å²) in [6, 6.07) is 7.77. The molecule has 9 heteroatoms. The van der Waals surface area contributed by atoms with Gasteiger partial charge < -0.3 is 10.4 Å². The highest BCUT2D eigenvalue weighted by Crippen LogP contribution is 2.48. The molecule has 0 spiro atoms. The molecule has 0 saturated heterocycles. The Morgan fingerprint density at radius 1 is 1.19 bits per heavy atom. The number of allylic oxidation sites excluding steroid dienone is 1. The Labute approximate surface area is 189 Å². The third-order valence-corrected chi connectivity index (χ3v) is 9.12. The van der Waals surface area contributed by atoms with Crippen LogP contribution >= 0.6 is 23.2 Å². The highest BCUT2D eigenvalue weighted by Gasteiger charge is 2.48. The van der Waals surface area contributed by atoms with Gasteiger partial charge in [0.2, 0.25) is 0 Å². The first-order valence-corrected chi connectivity index (χ1v) is 12.0. The van der Waals surface area contributed by atoms with Gasteiger partial charge in [0.25, 0.3) is 5.91 Å². The summed E-state index contributed by atoms with van der Waals surface area (Å²) in [6.45, 7) is 1.72. The minimum atomic E-state index is -3.84. The smallest absolute Gasteiger partial charge is 0.255 e. The number of carbonyl (C=O) groups excluding carboxylic acids is 1. The second-order valence-corrected chi connectivity index (χ2v) is 11.2. The molecule has 2 aliphatic rings. The van der Waals surface area contributed by atoms with Gasteiger partial charge in [-0.2, -0.15) is 0 Å². The molecule has 2 unspecified atom stereocenters. The van der Waals surface area contributed by atoms with Crippen molar-refractivity contribution < 1.29 is 22.7 Å². The molecule has 1 saturated carbocycles. The fourth-order valence-electron chi connectivity index (χ4n) is 4.30. The molecular weight excluding hydrogens is 464 g/mol. The molecule has 1 fully saturated rings. The third-order valence-electron chi connectivity index (χ3n) is 6.21. The number of halogens is 3. The van der Waals surface area contributed by atoms with Crippen molar-refractivity contribution in [2.24, 2.45) is 5.92 Å². The Bertz CT molecular complexity index is 1210. The summed E-state index contributed by atoms with van der Waals surface area (Å²) in [5.41, 5.74) is 0.117. The summed E-state index contributed by atoms with van der Waals surface area (Å²) >= 11 is 12.0. The maximum Gasteiger partial charge on any atom is 0.255 e. The predicted molar refractivity (Wildman–Crippen MR) is 118 cm³/mol. The van der Waals surface area contributed by atoms with Gasteiger partial charge in [-0.25, -0.2) is 12.8 Å². The van der Waals surface area contributed by atoms with Crippen LogP contribution in [-0.2, 0) is 9.84 Å². The number of rotatable bonds is 4. The van der Waals surface area contributed by atoms with Crippen LogP contribution in [-0.4, -0.2) is 30.3 Å². The number of hydrogen-bond acceptors (Lipinski definition) is 4. The fourth-order valence-corrected chi connectivity index (χ4v) is 6.80. The van der Waals surface area contributed by atoms with E-state index in [-0.39, 0.29) is 38.5 Å². The number of aliphatic hydroxyl groups is 1. The van der Waals surface area contributed by atoms with Gasteiger partial charge >= 0.3 is 0 Å². The lowest BCUT2D eigenvalue weighted by molar-refractivity contribution is 0.0283. The molecule has 2 aliphatic carbocycles. The molecule has 1 amide bonds. The highest BCUT2D eigenvalue weighted by atomic mass is 35.5. The largest absolute Gasteiger partial charge is 0.386 e. The van der Waals surface area contributed by atoms with E-state index < -0.39 is 32.4 Å². The summed E-state index contributed by atoms with van der Waals surface area (Å²) < 4.78 is 40.1. The molecule has 0 aromatic heterocycles. The van der Waals surface area contributed by atoms with E-state index in [1.54, 1.807) is 6.92 Å².